The molecule has 2 aromatic rings. The third-order valence-corrected chi connectivity index (χ3v) is 2.51. The van der Waals surface area contributed by atoms with E-state index in [1.165, 1.54) is 0 Å². The van der Waals surface area contributed by atoms with Crippen LogP contribution < -0.4 is 5.69 Å². The van der Waals surface area contributed by atoms with Gasteiger partial charge >= 0.3 is 5.69 Å². The molecule has 86 valence electrons. The predicted octanol–water partition coefficient (Wildman–Crippen LogP) is 1.85. The molecular formula is C12H17N3O. The van der Waals surface area contributed by atoms with Crippen LogP contribution in [0.25, 0.3) is 11.2 Å². The monoisotopic (exact) mass is 219 g/mol. The molecule has 0 aliphatic rings. The van der Waals surface area contributed by atoms with Gasteiger partial charge in [0.25, 0.3) is 0 Å². The second-order valence-corrected chi connectivity index (χ2v) is 5.40. The van der Waals surface area contributed by atoms with E-state index < -0.39 is 0 Å². The van der Waals surface area contributed by atoms with Crippen molar-refractivity contribution in [3.05, 3.63) is 28.3 Å². The molecule has 0 unspecified atom stereocenters. The Hall–Kier alpha value is -1.58. The van der Waals surface area contributed by atoms with Gasteiger partial charge in [-0.15, -0.1) is 0 Å². The Balaban J connectivity index is 2.51. The van der Waals surface area contributed by atoms with Gasteiger partial charge in [-0.3, -0.25) is 4.57 Å². The quantitative estimate of drug-likeness (QED) is 0.795. The topological polar surface area (TPSA) is 50.7 Å². The Kier molecular flexibility index (Phi) is 2.37. The lowest BCUT2D eigenvalue weighted by Gasteiger charge is -2.17. The number of imidazole rings is 1. The van der Waals surface area contributed by atoms with Gasteiger partial charge in [0.1, 0.15) is 0 Å². The highest BCUT2D eigenvalue weighted by atomic mass is 16.1. The van der Waals surface area contributed by atoms with Gasteiger partial charge in [-0.1, -0.05) is 20.8 Å². The van der Waals surface area contributed by atoms with Crippen molar-refractivity contribution in [3.63, 3.8) is 0 Å². The number of H-pyrrole nitrogens is 1. The van der Waals surface area contributed by atoms with Crippen LogP contribution in [-0.4, -0.2) is 14.5 Å². The lowest BCUT2D eigenvalue weighted by atomic mass is 9.90. The molecular weight excluding hydrogens is 202 g/mol. The molecule has 0 fully saturated rings. The number of aryl methyl sites for hydroxylation is 1. The second kappa shape index (κ2) is 3.47. The summed E-state index contributed by atoms with van der Waals surface area (Å²) >= 11 is 0. The van der Waals surface area contributed by atoms with E-state index in [1.54, 1.807) is 11.6 Å². The van der Waals surface area contributed by atoms with Gasteiger partial charge in [-0.05, 0) is 24.0 Å². The summed E-state index contributed by atoms with van der Waals surface area (Å²) in [4.78, 5) is 18.7. The summed E-state index contributed by atoms with van der Waals surface area (Å²) in [6.45, 7) is 6.53. The zero-order chi connectivity index (χ0) is 11.9. The van der Waals surface area contributed by atoms with Crippen molar-refractivity contribution in [1.82, 2.24) is 14.5 Å². The van der Waals surface area contributed by atoms with Gasteiger partial charge in [0, 0.05) is 12.7 Å². The first-order chi connectivity index (χ1) is 7.37. The fraction of sp³-hybridized carbons (Fsp3) is 0.500. The maximum Gasteiger partial charge on any atom is 0.327 e. The first kappa shape index (κ1) is 10.9. The van der Waals surface area contributed by atoms with Crippen molar-refractivity contribution in [2.24, 2.45) is 12.5 Å². The van der Waals surface area contributed by atoms with Crippen molar-refractivity contribution in [2.75, 3.05) is 0 Å². The zero-order valence-corrected chi connectivity index (χ0v) is 10.2. The van der Waals surface area contributed by atoms with Crippen LogP contribution >= 0.6 is 0 Å². The summed E-state index contributed by atoms with van der Waals surface area (Å²) in [7, 11) is 1.73. The summed E-state index contributed by atoms with van der Waals surface area (Å²) in [6, 6.07) is 3.90. The van der Waals surface area contributed by atoms with Gasteiger partial charge in [0.2, 0.25) is 0 Å². The van der Waals surface area contributed by atoms with Crippen LogP contribution in [0, 0.1) is 5.41 Å². The molecule has 0 saturated carbocycles. The molecule has 4 heteroatoms. The van der Waals surface area contributed by atoms with E-state index in [4.69, 9.17) is 0 Å². The molecule has 0 spiro atoms. The Labute approximate surface area is 94.3 Å². The maximum absolute atomic E-state index is 11.4. The van der Waals surface area contributed by atoms with Crippen molar-refractivity contribution < 1.29 is 0 Å². The number of rotatable bonds is 1. The third kappa shape index (κ3) is 2.01. The maximum atomic E-state index is 11.4. The van der Waals surface area contributed by atoms with Crippen LogP contribution in [0.2, 0.25) is 0 Å². The number of aromatic amines is 1. The molecule has 0 bridgehead atoms. The van der Waals surface area contributed by atoms with Crippen molar-refractivity contribution in [3.8, 4) is 0 Å². The molecule has 2 aromatic heterocycles. The summed E-state index contributed by atoms with van der Waals surface area (Å²) < 4.78 is 1.54. The number of fused-ring (bicyclic) bond motifs is 1. The fourth-order valence-corrected chi connectivity index (χ4v) is 1.78. The van der Waals surface area contributed by atoms with Crippen molar-refractivity contribution in [2.45, 2.75) is 27.2 Å². The number of hydrogen-bond donors (Lipinski definition) is 1. The van der Waals surface area contributed by atoms with Gasteiger partial charge in [-0.2, -0.15) is 0 Å². The van der Waals surface area contributed by atoms with Crippen LogP contribution in [0.4, 0.5) is 0 Å². The molecule has 16 heavy (non-hydrogen) atoms. The Morgan fingerprint density at radius 1 is 1.38 bits per heavy atom. The van der Waals surface area contributed by atoms with E-state index >= 15 is 0 Å². The van der Waals surface area contributed by atoms with Crippen molar-refractivity contribution in [1.29, 1.82) is 0 Å². The van der Waals surface area contributed by atoms with E-state index in [-0.39, 0.29) is 11.1 Å². The summed E-state index contributed by atoms with van der Waals surface area (Å²) in [5.74, 6) is 0. The van der Waals surface area contributed by atoms with Gasteiger partial charge in [0.05, 0.1) is 5.52 Å². The Bertz CT molecular complexity index is 572. The van der Waals surface area contributed by atoms with Crippen LogP contribution in [0.1, 0.15) is 26.5 Å². The van der Waals surface area contributed by atoms with E-state index in [0.29, 0.717) is 0 Å². The smallest absolute Gasteiger partial charge is 0.304 e. The average molecular weight is 219 g/mol. The Morgan fingerprint density at radius 2 is 2.06 bits per heavy atom. The largest absolute Gasteiger partial charge is 0.327 e. The molecule has 4 nitrogen and oxygen atoms in total. The molecule has 0 radical (unpaired) electrons. The van der Waals surface area contributed by atoms with E-state index in [1.807, 2.05) is 12.1 Å². The minimum Gasteiger partial charge on any atom is -0.304 e. The molecule has 0 aromatic carbocycles. The number of nitrogens with one attached hydrogen (secondary N) is 1. The van der Waals surface area contributed by atoms with Crippen LogP contribution in [0.5, 0.6) is 0 Å². The number of nitrogens with zero attached hydrogens (tertiary/aromatic N) is 2. The molecule has 1 N–H and O–H groups in total. The summed E-state index contributed by atoms with van der Waals surface area (Å²) in [5.41, 5.74) is 2.64. The number of aromatic nitrogens is 3. The highest BCUT2D eigenvalue weighted by Gasteiger charge is 2.13. The molecule has 0 saturated heterocycles. The molecule has 2 rings (SSSR count). The lowest BCUT2D eigenvalue weighted by molar-refractivity contribution is 0.406. The zero-order valence-electron chi connectivity index (χ0n) is 10.2. The molecule has 0 atom stereocenters. The minimum absolute atomic E-state index is 0.115. The van der Waals surface area contributed by atoms with Gasteiger partial charge in [0.15, 0.2) is 5.65 Å². The normalized spacial score (nSPS) is 12.2. The highest BCUT2D eigenvalue weighted by Crippen LogP contribution is 2.20. The second-order valence-electron chi connectivity index (χ2n) is 5.40. The highest BCUT2D eigenvalue weighted by molar-refractivity contribution is 5.70. The van der Waals surface area contributed by atoms with E-state index in [9.17, 15) is 4.79 Å². The molecule has 0 amide bonds. The first-order valence-corrected chi connectivity index (χ1v) is 5.41. The fourth-order valence-electron chi connectivity index (χ4n) is 1.78. The minimum atomic E-state index is -0.115. The molecule has 2 heterocycles. The van der Waals surface area contributed by atoms with Gasteiger partial charge in [-0.25, -0.2) is 9.78 Å². The average Bonchev–Trinajstić information content (AvgIpc) is 2.42. The van der Waals surface area contributed by atoms with Gasteiger partial charge < -0.3 is 4.98 Å². The summed E-state index contributed by atoms with van der Waals surface area (Å²) in [6.07, 6.45) is 0.905. The third-order valence-electron chi connectivity index (χ3n) is 2.51. The number of hydrogen-bond acceptors (Lipinski definition) is 2. The van der Waals surface area contributed by atoms with Crippen LogP contribution in [0.3, 0.4) is 0 Å². The van der Waals surface area contributed by atoms with E-state index in [0.717, 1.165) is 23.3 Å². The predicted molar refractivity (Wildman–Crippen MR) is 64.5 cm³/mol. The standard InChI is InChI=1S/C12H17N3O/c1-12(2,3)7-8-5-6-9-10(13-8)15(4)11(16)14-9/h5-6H,7H2,1-4H3,(H,14,16). The summed E-state index contributed by atoms with van der Waals surface area (Å²) in [5, 5.41) is 0. The van der Waals surface area contributed by atoms with Crippen molar-refractivity contribution >= 4 is 11.2 Å². The Morgan fingerprint density at radius 3 is 2.69 bits per heavy atom. The first-order valence-electron chi connectivity index (χ1n) is 5.41. The van der Waals surface area contributed by atoms with E-state index in [2.05, 4.69) is 30.7 Å². The SMILES string of the molecule is Cn1c(=O)[nH]c2ccc(CC(C)(C)C)nc21. The molecule has 0 aliphatic heterocycles. The van der Waals surface area contributed by atoms with Crippen LogP contribution in [0.15, 0.2) is 16.9 Å². The lowest BCUT2D eigenvalue weighted by Crippen LogP contribution is -2.13. The van der Waals surface area contributed by atoms with Crippen LogP contribution in [-0.2, 0) is 13.5 Å². The number of pyridine rings is 1. The molecule has 0 aliphatic carbocycles.